The number of hydrogen-bond acceptors (Lipinski definition) is 3. The predicted octanol–water partition coefficient (Wildman–Crippen LogP) is 3.57. The van der Waals surface area contributed by atoms with Crippen LogP contribution in [0.5, 0.6) is 0 Å². The molecule has 0 radical (unpaired) electrons. The third-order valence-corrected chi connectivity index (χ3v) is 4.49. The van der Waals surface area contributed by atoms with Gasteiger partial charge >= 0.3 is 0 Å². The van der Waals surface area contributed by atoms with Crippen LogP contribution in [-0.4, -0.2) is 35.7 Å². The molecule has 2 N–H and O–H groups in total. The molecular formula is C19H22F2N2O. The average Bonchev–Trinajstić information content (AvgIpc) is 2.60. The second-order valence-corrected chi connectivity index (χ2v) is 6.27. The highest BCUT2D eigenvalue weighted by Crippen LogP contribution is 2.21. The van der Waals surface area contributed by atoms with Gasteiger partial charge in [0.1, 0.15) is 0 Å². The fourth-order valence-electron chi connectivity index (χ4n) is 3.10. The minimum Gasteiger partial charge on any atom is -0.387 e. The van der Waals surface area contributed by atoms with Crippen molar-refractivity contribution in [2.24, 2.45) is 0 Å². The van der Waals surface area contributed by atoms with Crippen molar-refractivity contribution in [3.05, 3.63) is 65.7 Å². The number of para-hydroxylation sites is 1. The lowest BCUT2D eigenvalue weighted by molar-refractivity contribution is 0.0988. The van der Waals surface area contributed by atoms with E-state index in [2.05, 4.69) is 22.3 Å². The van der Waals surface area contributed by atoms with Crippen molar-refractivity contribution in [1.82, 2.24) is 4.90 Å². The number of halogens is 2. The Morgan fingerprint density at radius 3 is 2.42 bits per heavy atom. The maximum atomic E-state index is 13.3. The number of rotatable bonds is 5. The van der Waals surface area contributed by atoms with Gasteiger partial charge in [-0.3, -0.25) is 0 Å². The molecule has 3 rings (SSSR count). The van der Waals surface area contributed by atoms with Crippen LogP contribution in [0.25, 0.3) is 0 Å². The predicted molar refractivity (Wildman–Crippen MR) is 90.8 cm³/mol. The van der Waals surface area contributed by atoms with Crippen LogP contribution >= 0.6 is 0 Å². The molecule has 0 bridgehead atoms. The zero-order valence-corrected chi connectivity index (χ0v) is 13.5. The van der Waals surface area contributed by atoms with Gasteiger partial charge in [-0.1, -0.05) is 24.3 Å². The third kappa shape index (κ3) is 4.30. The number of aliphatic hydroxyl groups excluding tert-OH is 1. The van der Waals surface area contributed by atoms with Gasteiger partial charge < -0.3 is 15.3 Å². The van der Waals surface area contributed by atoms with Gasteiger partial charge in [-0.05, 0) is 42.7 Å². The van der Waals surface area contributed by atoms with E-state index in [1.165, 1.54) is 6.07 Å². The Morgan fingerprint density at radius 1 is 1.04 bits per heavy atom. The smallest absolute Gasteiger partial charge is 0.159 e. The van der Waals surface area contributed by atoms with Gasteiger partial charge in [0.2, 0.25) is 0 Å². The van der Waals surface area contributed by atoms with E-state index >= 15 is 0 Å². The molecule has 1 aliphatic heterocycles. The molecule has 0 saturated carbocycles. The summed E-state index contributed by atoms with van der Waals surface area (Å²) in [5.74, 6) is -1.81. The molecule has 2 aromatic rings. The third-order valence-electron chi connectivity index (χ3n) is 4.49. The van der Waals surface area contributed by atoms with E-state index in [0.717, 1.165) is 43.8 Å². The second-order valence-electron chi connectivity index (χ2n) is 6.27. The van der Waals surface area contributed by atoms with E-state index in [4.69, 9.17) is 0 Å². The zero-order valence-electron chi connectivity index (χ0n) is 13.5. The van der Waals surface area contributed by atoms with Gasteiger partial charge in [-0.2, -0.15) is 0 Å². The summed E-state index contributed by atoms with van der Waals surface area (Å²) < 4.78 is 26.2. The first-order valence-electron chi connectivity index (χ1n) is 8.29. The molecular weight excluding hydrogens is 310 g/mol. The van der Waals surface area contributed by atoms with Crippen molar-refractivity contribution < 1.29 is 13.9 Å². The summed E-state index contributed by atoms with van der Waals surface area (Å²) in [7, 11) is 0. The van der Waals surface area contributed by atoms with E-state index in [1.807, 2.05) is 18.2 Å². The van der Waals surface area contributed by atoms with E-state index in [0.29, 0.717) is 18.2 Å². The Morgan fingerprint density at radius 2 is 1.75 bits per heavy atom. The fourth-order valence-corrected chi connectivity index (χ4v) is 3.10. The molecule has 0 aromatic heterocycles. The van der Waals surface area contributed by atoms with Crippen molar-refractivity contribution in [3.8, 4) is 0 Å². The van der Waals surface area contributed by atoms with Crippen molar-refractivity contribution in [2.45, 2.75) is 25.0 Å². The van der Waals surface area contributed by atoms with E-state index in [9.17, 15) is 13.9 Å². The lowest BCUT2D eigenvalue weighted by Gasteiger charge is -2.34. The number of β-amino-alcohol motifs (C(OH)–C–C–N with tert-alkyl or cyclic N) is 1. The quantitative estimate of drug-likeness (QED) is 0.878. The summed E-state index contributed by atoms with van der Waals surface area (Å²) in [4.78, 5) is 2.16. The molecule has 2 aromatic carbocycles. The highest BCUT2D eigenvalue weighted by molar-refractivity contribution is 5.43. The van der Waals surface area contributed by atoms with Crippen molar-refractivity contribution in [2.75, 3.05) is 25.0 Å². The second kappa shape index (κ2) is 7.73. The van der Waals surface area contributed by atoms with Gasteiger partial charge in [0.15, 0.2) is 11.6 Å². The number of benzene rings is 2. The summed E-state index contributed by atoms with van der Waals surface area (Å²) in [5.41, 5.74) is 1.54. The molecule has 1 atom stereocenters. The maximum Gasteiger partial charge on any atom is 0.159 e. The number of anilines is 1. The maximum absolute atomic E-state index is 13.3. The first-order chi connectivity index (χ1) is 11.6. The minimum atomic E-state index is -0.919. The number of hydrogen-bond donors (Lipinski definition) is 2. The number of piperidine rings is 1. The number of likely N-dealkylation sites (tertiary alicyclic amines) is 1. The van der Waals surface area contributed by atoms with Gasteiger partial charge in [-0.25, -0.2) is 8.78 Å². The molecule has 128 valence electrons. The molecule has 24 heavy (non-hydrogen) atoms. The van der Waals surface area contributed by atoms with Crippen molar-refractivity contribution in [1.29, 1.82) is 0 Å². The average molecular weight is 332 g/mol. The molecule has 1 unspecified atom stereocenters. The summed E-state index contributed by atoms with van der Waals surface area (Å²) in [6.07, 6.45) is 1.16. The van der Waals surface area contributed by atoms with Gasteiger partial charge in [0.05, 0.1) is 6.10 Å². The number of nitrogens with one attached hydrogen (secondary N) is 1. The highest BCUT2D eigenvalue weighted by atomic mass is 19.2. The summed E-state index contributed by atoms with van der Waals surface area (Å²) in [5, 5.41) is 13.8. The van der Waals surface area contributed by atoms with Gasteiger partial charge in [0.25, 0.3) is 0 Å². The molecule has 0 spiro atoms. The minimum absolute atomic E-state index is 0.415. The standard InChI is InChI=1S/C19H22F2N2O/c20-17-7-6-14(12-18(17)21)19(24)13-23-10-8-16(9-11-23)22-15-4-2-1-3-5-15/h1-7,12,16,19,22,24H,8-11,13H2. The Balaban J connectivity index is 1.49. The number of aliphatic hydroxyl groups is 1. The summed E-state index contributed by atoms with van der Waals surface area (Å²) in [6.45, 7) is 2.17. The van der Waals surface area contributed by atoms with Crippen LogP contribution in [0.1, 0.15) is 24.5 Å². The lowest BCUT2D eigenvalue weighted by Crippen LogP contribution is -2.40. The normalized spacial score (nSPS) is 17.6. The largest absolute Gasteiger partial charge is 0.387 e. The van der Waals surface area contributed by atoms with Gasteiger partial charge in [0, 0.05) is 31.4 Å². The zero-order chi connectivity index (χ0) is 16.9. The summed E-state index contributed by atoms with van der Waals surface area (Å²) >= 11 is 0. The SMILES string of the molecule is OC(CN1CCC(Nc2ccccc2)CC1)c1ccc(F)c(F)c1. The molecule has 1 fully saturated rings. The first-order valence-corrected chi connectivity index (χ1v) is 8.29. The van der Waals surface area contributed by atoms with Crippen LogP contribution < -0.4 is 5.32 Å². The summed E-state index contributed by atoms with van der Waals surface area (Å²) in [6, 6.07) is 14.1. The van der Waals surface area contributed by atoms with Crippen molar-refractivity contribution in [3.63, 3.8) is 0 Å². The highest BCUT2D eigenvalue weighted by Gasteiger charge is 2.22. The van der Waals surface area contributed by atoms with Crippen LogP contribution in [0.2, 0.25) is 0 Å². The van der Waals surface area contributed by atoms with Crippen molar-refractivity contribution >= 4 is 5.69 Å². The Kier molecular flexibility index (Phi) is 5.43. The molecule has 3 nitrogen and oxygen atoms in total. The Labute approximate surface area is 140 Å². The van der Waals surface area contributed by atoms with Crippen LogP contribution in [0.3, 0.4) is 0 Å². The van der Waals surface area contributed by atoms with E-state index in [-0.39, 0.29) is 0 Å². The monoisotopic (exact) mass is 332 g/mol. The first kappa shape index (κ1) is 16.9. The van der Waals surface area contributed by atoms with E-state index < -0.39 is 17.7 Å². The van der Waals surface area contributed by atoms with Crippen LogP contribution in [0.15, 0.2) is 48.5 Å². The molecule has 1 aliphatic rings. The Bertz CT molecular complexity index is 658. The van der Waals surface area contributed by atoms with E-state index in [1.54, 1.807) is 0 Å². The topological polar surface area (TPSA) is 35.5 Å². The number of nitrogens with zero attached hydrogens (tertiary/aromatic N) is 1. The molecule has 0 amide bonds. The van der Waals surface area contributed by atoms with Crippen LogP contribution in [0.4, 0.5) is 14.5 Å². The fraction of sp³-hybridized carbons (Fsp3) is 0.368. The van der Waals surface area contributed by atoms with Gasteiger partial charge in [-0.15, -0.1) is 0 Å². The van der Waals surface area contributed by atoms with Crippen LogP contribution in [-0.2, 0) is 0 Å². The van der Waals surface area contributed by atoms with Crippen LogP contribution in [0, 0.1) is 11.6 Å². The molecule has 1 saturated heterocycles. The Hall–Kier alpha value is -1.98. The lowest BCUT2D eigenvalue weighted by atomic mass is 10.0. The molecule has 5 heteroatoms. The molecule has 0 aliphatic carbocycles. The molecule has 1 heterocycles.